The number of nitrogens with one attached hydrogen (secondary N) is 1. The minimum atomic E-state index is -0.322. The fraction of sp³-hybridized carbons (Fsp3) is 0.125. The highest BCUT2D eigenvalue weighted by molar-refractivity contribution is 6.30. The fourth-order valence-corrected chi connectivity index (χ4v) is 1.80. The molecule has 5 nitrogen and oxygen atoms in total. The molecular weight excluding hydrogens is 304 g/mol. The van der Waals surface area contributed by atoms with Gasteiger partial charge in [-0.05, 0) is 29.8 Å². The number of nitrogens with zero attached hydrogens (tertiary/aromatic N) is 1. The lowest BCUT2D eigenvalue weighted by Crippen LogP contribution is -2.17. The molecule has 0 saturated heterocycles. The monoisotopic (exact) mass is 318 g/mol. The highest BCUT2D eigenvalue weighted by atomic mass is 35.5. The molecule has 0 aromatic heterocycles. The number of ether oxygens (including phenoxy) is 1. The first-order valence-electron chi connectivity index (χ1n) is 6.53. The van der Waals surface area contributed by atoms with Gasteiger partial charge in [0.15, 0.2) is 6.61 Å². The van der Waals surface area contributed by atoms with E-state index in [0.29, 0.717) is 16.5 Å². The maximum atomic E-state index is 11.8. The van der Waals surface area contributed by atoms with Crippen LogP contribution in [-0.4, -0.2) is 25.8 Å². The van der Waals surface area contributed by atoms with Gasteiger partial charge in [-0.1, -0.05) is 41.0 Å². The zero-order valence-corrected chi connectivity index (χ0v) is 12.7. The fourth-order valence-electron chi connectivity index (χ4n) is 1.68. The molecule has 0 fully saturated rings. The number of carbonyl (C=O) groups is 1. The number of hydrogen-bond donors (Lipinski definition) is 1. The highest BCUT2D eigenvalue weighted by Gasteiger charge is 2.06. The summed E-state index contributed by atoms with van der Waals surface area (Å²) in [5.41, 5.74) is 1.41. The quantitative estimate of drug-likeness (QED) is 0.656. The van der Waals surface area contributed by atoms with Crippen LogP contribution in [0.2, 0.25) is 5.02 Å². The van der Waals surface area contributed by atoms with E-state index in [1.54, 1.807) is 42.5 Å². The lowest BCUT2D eigenvalue weighted by Gasteiger charge is -2.08. The number of benzene rings is 2. The standard InChI is InChI=1S/C16H15ClN2O3/c1-21-15-5-3-2-4-14(15)19-16(20)11-22-18-10-12-6-8-13(17)9-7-12/h2-10H,11H2,1H3,(H,19,20)/b18-10-. The molecule has 114 valence electrons. The molecule has 1 amide bonds. The van der Waals surface area contributed by atoms with E-state index in [4.69, 9.17) is 21.2 Å². The maximum absolute atomic E-state index is 11.8. The van der Waals surface area contributed by atoms with Crippen LogP contribution in [0.1, 0.15) is 5.56 Å². The lowest BCUT2D eigenvalue weighted by atomic mass is 10.2. The number of rotatable bonds is 6. The summed E-state index contributed by atoms with van der Waals surface area (Å²) in [7, 11) is 1.54. The average molecular weight is 319 g/mol. The van der Waals surface area contributed by atoms with Gasteiger partial charge in [-0.3, -0.25) is 4.79 Å². The van der Waals surface area contributed by atoms with Crippen LogP contribution >= 0.6 is 11.6 Å². The second-order valence-electron chi connectivity index (χ2n) is 4.31. The Labute approximate surface area is 133 Å². The van der Waals surface area contributed by atoms with Gasteiger partial charge in [-0.2, -0.15) is 0 Å². The number of halogens is 1. The SMILES string of the molecule is COc1ccccc1NC(=O)CO/N=C\c1ccc(Cl)cc1. The highest BCUT2D eigenvalue weighted by Crippen LogP contribution is 2.22. The summed E-state index contributed by atoms with van der Waals surface area (Å²) in [5, 5.41) is 7.07. The van der Waals surface area contributed by atoms with Crippen molar-refractivity contribution in [3.63, 3.8) is 0 Å². The van der Waals surface area contributed by atoms with Crippen molar-refractivity contribution in [3.05, 3.63) is 59.1 Å². The number of anilines is 1. The smallest absolute Gasteiger partial charge is 0.265 e. The van der Waals surface area contributed by atoms with Crippen molar-refractivity contribution in [2.45, 2.75) is 0 Å². The van der Waals surface area contributed by atoms with Gasteiger partial charge >= 0.3 is 0 Å². The molecule has 0 radical (unpaired) electrons. The average Bonchev–Trinajstić information content (AvgIpc) is 2.54. The van der Waals surface area contributed by atoms with Crippen molar-refractivity contribution in [2.24, 2.45) is 5.16 Å². The molecule has 2 aromatic carbocycles. The maximum Gasteiger partial charge on any atom is 0.265 e. The van der Waals surface area contributed by atoms with Crippen molar-refractivity contribution in [2.75, 3.05) is 19.0 Å². The zero-order chi connectivity index (χ0) is 15.8. The largest absolute Gasteiger partial charge is 0.495 e. The van der Waals surface area contributed by atoms with E-state index in [0.717, 1.165) is 5.56 Å². The summed E-state index contributed by atoms with van der Waals surface area (Å²) in [4.78, 5) is 16.7. The van der Waals surface area contributed by atoms with Crippen LogP contribution in [-0.2, 0) is 9.63 Å². The van der Waals surface area contributed by atoms with Crippen molar-refractivity contribution >= 4 is 29.4 Å². The normalized spacial score (nSPS) is 10.5. The number of methoxy groups -OCH3 is 1. The summed E-state index contributed by atoms with van der Waals surface area (Å²) in [5.74, 6) is 0.262. The first-order valence-corrected chi connectivity index (χ1v) is 6.90. The van der Waals surface area contributed by atoms with E-state index in [2.05, 4.69) is 10.5 Å². The van der Waals surface area contributed by atoms with Crippen LogP contribution in [0.15, 0.2) is 53.7 Å². The third-order valence-corrected chi connectivity index (χ3v) is 2.97. The number of hydrogen-bond acceptors (Lipinski definition) is 4. The molecule has 6 heteroatoms. The Morgan fingerprint density at radius 2 is 1.95 bits per heavy atom. The minimum Gasteiger partial charge on any atom is -0.495 e. The molecule has 0 aliphatic heterocycles. The van der Waals surface area contributed by atoms with E-state index in [-0.39, 0.29) is 12.5 Å². The van der Waals surface area contributed by atoms with Gasteiger partial charge in [-0.15, -0.1) is 0 Å². The van der Waals surface area contributed by atoms with Gasteiger partial charge in [0.25, 0.3) is 5.91 Å². The Balaban J connectivity index is 1.81. The predicted molar refractivity (Wildman–Crippen MR) is 86.6 cm³/mol. The van der Waals surface area contributed by atoms with E-state index in [1.165, 1.54) is 13.3 Å². The first-order chi connectivity index (χ1) is 10.7. The minimum absolute atomic E-state index is 0.192. The molecule has 0 bridgehead atoms. The number of oxime groups is 1. The van der Waals surface area contributed by atoms with Crippen LogP contribution < -0.4 is 10.1 Å². The molecule has 2 rings (SSSR count). The summed E-state index contributed by atoms with van der Waals surface area (Å²) in [6.45, 7) is -0.192. The van der Waals surface area contributed by atoms with Crippen molar-refractivity contribution in [1.82, 2.24) is 0 Å². The summed E-state index contributed by atoms with van der Waals surface area (Å²) >= 11 is 5.78. The Morgan fingerprint density at radius 3 is 2.68 bits per heavy atom. The molecule has 0 saturated carbocycles. The first kappa shape index (κ1) is 15.9. The van der Waals surface area contributed by atoms with E-state index in [9.17, 15) is 4.79 Å². The van der Waals surface area contributed by atoms with Gasteiger partial charge in [0.2, 0.25) is 0 Å². The summed E-state index contributed by atoms with van der Waals surface area (Å²) < 4.78 is 5.14. The molecule has 22 heavy (non-hydrogen) atoms. The molecule has 0 unspecified atom stereocenters. The molecule has 1 N–H and O–H groups in total. The van der Waals surface area contributed by atoms with Crippen molar-refractivity contribution in [3.8, 4) is 5.75 Å². The van der Waals surface area contributed by atoms with Gasteiger partial charge < -0.3 is 14.9 Å². The number of carbonyl (C=O) groups excluding carboxylic acids is 1. The van der Waals surface area contributed by atoms with Crippen LogP contribution in [0.5, 0.6) is 5.75 Å². The van der Waals surface area contributed by atoms with Crippen molar-refractivity contribution < 1.29 is 14.4 Å². The molecule has 0 spiro atoms. The van der Waals surface area contributed by atoms with Crippen molar-refractivity contribution in [1.29, 1.82) is 0 Å². The third-order valence-electron chi connectivity index (χ3n) is 2.72. The van der Waals surface area contributed by atoms with Gasteiger partial charge in [0.1, 0.15) is 5.75 Å². The Bertz CT molecular complexity index is 657. The zero-order valence-electron chi connectivity index (χ0n) is 12.0. The molecule has 2 aromatic rings. The van der Waals surface area contributed by atoms with Crippen LogP contribution in [0.25, 0.3) is 0 Å². The van der Waals surface area contributed by atoms with Crippen LogP contribution in [0, 0.1) is 0 Å². The van der Waals surface area contributed by atoms with Gasteiger partial charge in [0, 0.05) is 5.02 Å². The predicted octanol–water partition coefficient (Wildman–Crippen LogP) is 3.34. The van der Waals surface area contributed by atoms with E-state index in [1.807, 2.05) is 6.07 Å². The van der Waals surface area contributed by atoms with Gasteiger partial charge in [-0.25, -0.2) is 0 Å². The topological polar surface area (TPSA) is 59.9 Å². The summed E-state index contributed by atoms with van der Waals surface area (Å²) in [6, 6.07) is 14.2. The third kappa shape index (κ3) is 4.79. The lowest BCUT2D eigenvalue weighted by molar-refractivity contribution is -0.120. The molecule has 0 heterocycles. The van der Waals surface area contributed by atoms with Crippen LogP contribution in [0.3, 0.4) is 0 Å². The molecular formula is C16H15ClN2O3. The molecule has 0 aliphatic carbocycles. The Hall–Kier alpha value is -2.53. The van der Waals surface area contributed by atoms with Gasteiger partial charge in [0.05, 0.1) is 19.0 Å². The molecule has 0 aliphatic rings. The van der Waals surface area contributed by atoms with E-state index >= 15 is 0 Å². The second-order valence-corrected chi connectivity index (χ2v) is 4.74. The van der Waals surface area contributed by atoms with E-state index < -0.39 is 0 Å². The number of para-hydroxylation sites is 2. The summed E-state index contributed by atoms with van der Waals surface area (Å²) in [6.07, 6.45) is 1.51. The number of amides is 1. The Morgan fingerprint density at radius 1 is 1.23 bits per heavy atom. The van der Waals surface area contributed by atoms with Crippen LogP contribution in [0.4, 0.5) is 5.69 Å². The Kier molecular flexibility index (Phi) is 5.80. The molecule has 0 atom stereocenters. The second kappa shape index (κ2) is 8.05.